The third kappa shape index (κ3) is 4.51. The van der Waals surface area contributed by atoms with Crippen molar-refractivity contribution in [1.82, 2.24) is 15.5 Å². The van der Waals surface area contributed by atoms with Gasteiger partial charge in [-0.05, 0) is 45.9 Å². The first-order valence-electron chi connectivity index (χ1n) is 6.88. The zero-order valence-electron chi connectivity index (χ0n) is 12.4. The minimum Gasteiger partial charge on any atom is -0.421 e. The van der Waals surface area contributed by atoms with Crippen LogP contribution in [-0.4, -0.2) is 22.3 Å². The molecule has 2 aromatic rings. The number of nitrogens with zero attached hydrogens (tertiary/aromatic N) is 2. The number of benzene rings is 1. The fourth-order valence-electron chi connectivity index (χ4n) is 1.86. The van der Waals surface area contributed by atoms with Crippen molar-refractivity contribution in [2.24, 2.45) is 0 Å². The number of halogens is 2. The van der Waals surface area contributed by atoms with E-state index in [2.05, 4.69) is 36.3 Å². The van der Waals surface area contributed by atoms with E-state index in [-0.39, 0.29) is 22.0 Å². The van der Waals surface area contributed by atoms with Crippen LogP contribution in [0.3, 0.4) is 0 Å². The van der Waals surface area contributed by atoms with E-state index in [4.69, 9.17) is 16.0 Å². The summed E-state index contributed by atoms with van der Waals surface area (Å²) in [6.07, 6.45) is 1.51. The number of hydrogen-bond acceptors (Lipinski definition) is 4. The van der Waals surface area contributed by atoms with Gasteiger partial charge in [0.2, 0.25) is 5.89 Å². The number of aromatic nitrogens is 2. The third-order valence-electron chi connectivity index (χ3n) is 2.87. The monoisotopic (exact) mass is 311 g/mol. The van der Waals surface area contributed by atoms with Crippen molar-refractivity contribution in [2.75, 3.05) is 6.54 Å². The number of aryl methyl sites for hydroxylation is 1. The molecule has 0 aliphatic carbocycles. The van der Waals surface area contributed by atoms with Crippen LogP contribution in [0.25, 0.3) is 11.5 Å². The van der Waals surface area contributed by atoms with Crippen LogP contribution < -0.4 is 5.32 Å². The average molecular weight is 312 g/mol. The molecule has 0 amide bonds. The summed E-state index contributed by atoms with van der Waals surface area (Å²) in [6.45, 7) is 7.18. The maximum Gasteiger partial charge on any atom is 0.252 e. The Bertz CT molecular complexity index is 587. The summed E-state index contributed by atoms with van der Waals surface area (Å²) in [7, 11) is 0. The van der Waals surface area contributed by atoms with Gasteiger partial charge in [-0.3, -0.25) is 0 Å². The third-order valence-corrected chi connectivity index (χ3v) is 3.18. The number of nitrogens with one attached hydrogen (secondary N) is 1. The Kier molecular flexibility index (Phi) is 4.96. The van der Waals surface area contributed by atoms with Gasteiger partial charge in [0.1, 0.15) is 5.82 Å². The molecule has 0 atom stereocenters. The molecule has 0 aliphatic rings. The minimum absolute atomic E-state index is 0.0840. The van der Waals surface area contributed by atoms with E-state index in [0.29, 0.717) is 12.3 Å². The minimum atomic E-state index is -0.466. The Balaban J connectivity index is 1.99. The van der Waals surface area contributed by atoms with E-state index < -0.39 is 5.82 Å². The Morgan fingerprint density at radius 3 is 2.71 bits per heavy atom. The smallest absolute Gasteiger partial charge is 0.252 e. The van der Waals surface area contributed by atoms with Gasteiger partial charge in [-0.25, -0.2) is 4.39 Å². The Labute approximate surface area is 128 Å². The van der Waals surface area contributed by atoms with Crippen molar-refractivity contribution < 1.29 is 8.81 Å². The summed E-state index contributed by atoms with van der Waals surface area (Å²) in [5.41, 5.74) is 0.242. The molecule has 0 fully saturated rings. The van der Waals surface area contributed by atoms with Crippen LogP contribution in [0.2, 0.25) is 5.02 Å². The molecular weight excluding hydrogens is 293 g/mol. The fourth-order valence-corrected chi connectivity index (χ4v) is 2.10. The highest BCUT2D eigenvalue weighted by Gasteiger charge is 2.16. The van der Waals surface area contributed by atoms with Gasteiger partial charge in [0.25, 0.3) is 5.89 Å². The summed E-state index contributed by atoms with van der Waals surface area (Å²) >= 11 is 5.97. The molecule has 1 aromatic heterocycles. The van der Waals surface area contributed by atoms with Gasteiger partial charge in [-0.15, -0.1) is 10.2 Å². The molecule has 0 saturated heterocycles. The molecule has 0 aliphatic heterocycles. The van der Waals surface area contributed by atoms with E-state index in [1.807, 2.05) is 0 Å². The van der Waals surface area contributed by atoms with Gasteiger partial charge < -0.3 is 9.73 Å². The molecule has 1 N–H and O–H groups in total. The average Bonchev–Trinajstić information content (AvgIpc) is 2.82. The van der Waals surface area contributed by atoms with E-state index in [9.17, 15) is 4.39 Å². The van der Waals surface area contributed by atoms with Gasteiger partial charge >= 0.3 is 0 Å². The van der Waals surface area contributed by atoms with Gasteiger partial charge in [0, 0.05) is 12.0 Å². The largest absolute Gasteiger partial charge is 0.421 e. The second-order valence-electron chi connectivity index (χ2n) is 5.88. The first-order chi connectivity index (χ1) is 9.87. The fraction of sp³-hybridized carbons (Fsp3) is 0.467. The van der Waals surface area contributed by atoms with Crippen molar-refractivity contribution in [1.29, 1.82) is 0 Å². The van der Waals surface area contributed by atoms with Crippen molar-refractivity contribution in [3.63, 3.8) is 0 Å². The lowest BCUT2D eigenvalue weighted by molar-refractivity contribution is 0.412. The van der Waals surface area contributed by atoms with Crippen molar-refractivity contribution in [3.05, 3.63) is 34.9 Å². The maximum atomic E-state index is 13.8. The van der Waals surface area contributed by atoms with E-state index in [1.165, 1.54) is 12.1 Å². The number of hydrogen-bond donors (Lipinski definition) is 1. The van der Waals surface area contributed by atoms with E-state index >= 15 is 0 Å². The molecule has 114 valence electrons. The molecule has 0 radical (unpaired) electrons. The van der Waals surface area contributed by atoms with Crippen LogP contribution in [0, 0.1) is 5.82 Å². The molecular formula is C15H19ClFN3O. The maximum absolute atomic E-state index is 13.8. The predicted octanol–water partition coefficient (Wildman–Crippen LogP) is 3.85. The SMILES string of the molecule is CC(C)(C)NCCCc1nnc(-c2c(F)cccc2Cl)o1. The van der Waals surface area contributed by atoms with Gasteiger partial charge in [-0.2, -0.15) is 0 Å². The summed E-state index contributed by atoms with van der Waals surface area (Å²) in [5.74, 6) is 0.143. The van der Waals surface area contributed by atoms with Crippen LogP contribution in [0.15, 0.2) is 22.6 Å². The van der Waals surface area contributed by atoms with Crippen molar-refractivity contribution in [3.8, 4) is 11.5 Å². The van der Waals surface area contributed by atoms with Crippen LogP contribution in [0.4, 0.5) is 4.39 Å². The molecule has 0 bridgehead atoms. The zero-order chi connectivity index (χ0) is 15.5. The van der Waals surface area contributed by atoms with Crippen LogP contribution >= 0.6 is 11.6 Å². The highest BCUT2D eigenvalue weighted by molar-refractivity contribution is 6.33. The molecule has 1 aromatic carbocycles. The lowest BCUT2D eigenvalue weighted by Gasteiger charge is -2.19. The highest BCUT2D eigenvalue weighted by atomic mass is 35.5. The van der Waals surface area contributed by atoms with Gasteiger partial charge in [-0.1, -0.05) is 17.7 Å². The standard InChI is InChI=1S/C15H19ClFN3O/c1-15(2,3)18-9-5-8-12-19-20-14(21-12)13-10(16)6-4-7-11(13)17/h4,6-7,18H,5,8-9H2,1-3H3. The lowest BCUT2D eigenvalue weighted by Crippen LogP contribution is -2.36. The van der Waals surface area contributed by atoms with Crippen LogP contribution in [-0.2, 0) is 6.42 Å². The van der Waals surface area contributed by atoms with E-state index in [1.54, 1.807) is 6.07 Å². The number of rotatable bonds is 5. The molecule has 0 spiro atoms. The first-order valence-corrected chi connectivity index (χ1v) is 7.26. The van der Waals surface area contributed by atoms with Crippen molar-refractivity contribution >= 4 is 11.6 Å². The van der Waals surface area contributed by atoms with E-state index in [0.717, 1.165) is 13.0 Å². The van der Waals surface area contributed by atoms with Gasteiger partial charge in [0.15, 0.2) is 0 Å². The molecule has 0 saturated carbocycles. The van der Waals surface area contributed by atoms with Crippen LogP contribution in [0.1, 0.15) is 33.1 Å². The Hall–Kier alpha value is -1.46. The molecule has 21 heavy (non-hydrogen) atoms. The van der Waals surface area contributed by atoms with Crippen LogP contribution in [0.5, 0.6) is 0 Å². The quantitative estimate of drug-likeness (QED) is 0.852. The second-order valence-corrected chi connectivity index (χ2v) is 6.29. The molecule has 1 heterocycles. The summed E-state index contributed by atoms with van der Waals surface area (Å²) in [4.78, 5) is 0. The first kappa shape index (κ1) is 15.9. The molecule has 0 unspecified atom stereocenters. The summed E-state index contributed by atoms with van der Waals surface area (Å²) in [6, 6.07) is 4.45. The van der Waals surface area contributed by atoms with Crippen molar-refractivity contribution in [2.45, 2.75) is 39.2 Å². The summed E-state index contributed by atoms with van der Waals surface area (Å²) < 4.78 is 19.3. The topological polar surface area (TPSA) is 51.0 Å². The second kappa shape index (κ2) is 6.54. The Morgan fingerprint density at radius 1 is 1.29 bits per heavy atom. The molecule has 2 rings (SSSR count). The Morgan fingerprint density at radius 2 is 2.05 bits per heavy atom. The molecule has 4 nitrogen and oxygen atoms in total. The highest BCUT2D eigenvalue weighted by Crippen LogP contribution is 2.29. The zero-order valence-corrected chi connectivity index (χ0v) is 13.2. The normalized spacial score (nSPS) is 11.9. The van der Waals surface area contributed by atoms with Gasteiger partial charge in [0.05, 0.1) is 10.6 Å². The predicted molar refractivity (Wildman–Crippen MR) is 80.8 cm³/mol. The lowest BCUT2D eigenvalue weighted by atomic mass is 10.1. The summed E-state index contributed by atoms with van der Waals surface area (Å²) in [5, 5.41) is 11.5. The molecule has 6 heteroatoms.